The number of fused-ring (bicyclic) bond motifs is 1. The maximum Gasteiger partial charge on any atom is 0.0145 e. The lowest BCUT2D eigenvalue weighted by Crippen LogP contribution is -2.55. The average Bonchev–Trinajstić information content (AvgIpc) is 2.39. The molecule has 110 valence electrons. The fourth-order valence-corrected chi connectivity index (χ4v) is 4.66. The molecule has 3 unspecified atom stereocenters. The van der Waals surface area contributed by atoms with E-state index in [-0.39, 0.29) is 0 Å². The fourth-order valence-electron chi connectivity index (χ4n) is 4.66. The standard InChI is InChI=1S/C16H31N3/c1-16(7-4-8-17-12-16)13-19-10-6-15-14(11-19)5-3-9-18(15)2/h14-15,17H,3-13H2,1-2H3. The fraction of sp³-hybridized carbons (Fsp3) is 1.00. The van der Waals surface area contributed by atoms with E-state index in [9.17, 15) is 0 Å². The van der Waals surface area contributed by atoms with Gasteiger partial charge in [0.15, 0.2) is 0 Å². The first-order valence-corrected chi connectivity index (χ1v) is 8.30. The van der Waals surface area contributed by atoms with Gasteiger partial charge < -0.3 is 15.1 Å². The van der Waals surface area contributed by atoms with Crippen LogP contribution in [0.1, 0.15) is 39.0 Å². The minimum absolute atomic E-state index is 0.519. The molecule has 0 spiro atoms. The molecule has 0 amide bonds. The quantitative estimate of drug-likeness (QED) is 0.821. The van der Waals surface area contributed by atoms with Gasteiger partial charge in [0.2, 0.25) is 0 Å². The van der Waals surface area contributed by atoms with Gasteiger partial charge in [-0.05, 0) is 70.1 Å². The van der Waals surface area contributed by atoms with Gasteiger partial charge >= 0.3 is 0 Å². The first kappa shape index (κ1) is 13.8. The molecular weight excluding hydrogens is 234 g/mol. The summed E-state index contributed by atoms with van der Waals surface area (Å²) in [5, 5.41) is 3.59. The van der Waals surface area contributed by atoms with E-state index in [2.05, 4.69) is 29.1 Å². The number of likely N-dealkylation sites (tertiary alicyclic amines) is 2. The highest BCUT2D eigenvalue weighted by Crippen LogP contribution is 2.33. The summed E-state index contributed by atoms with van der Waals surface area (Å²) >= 11 is 0. The Balaban J connectivity index is 1.55. The third kappa shape index (κ3) is 3.14. The van der Waals surface area contributed by atoms with Crippen LogP contribution in [0.2, 0.25) is 0 Å². The van der Waals surface area contributed by atoms with Crippen molar-refractivity contribution in [3.8, 4) is 0 Å². The Morgan fingerprint density at radius 1 is 1.21 bits per heavy atom. The summed E-state index contributed by atoms with van der Waals surface area (Å²) < 4.78 is 0. The predicted octanol–water partition coefficient (Wildman–Crippen LogP) is 1.79. The zero-order valence-electron chi connectivity index (χ0n) is 12.8. The van der Waals surface area contributed by atoms with Gasteiger partial charge in [0.05, 0.1) is 0 Å². The van der Waals surface area contributed by atoms with Crippen LogP contribution in [-0.4, -0.2) is 62.2 Å². The topological polar surface area (TPSA) is 18.5 Å². The molecule has 0 aromatic heterocycles. The van der Waals surface area contributed by atoms with Crippen molar-refractivity contribution in [1.29, 1.82) is 0 Å². The summed E-state index contributed by atoms with van der Waals surface area (Å²) in [6, 6.07) is 0.877. The second kappa shape index (κ2) is 5.71. The van der Waals surface area contributed by atoms with E-state index in [0.717, 1.165) is 12.0 Å². The van der Waals surface area contributed by atoms with Crippen LogP contribution in [0.5, 0.6) is 0 Å². The van der Waals surface area contributed by atoms with Crippen LogP contribution in [0, 0.1) is 11.3 Å². The van der Waals surface area contributed by atoms with Crippen molar-refractivity contribution < 1.29 is 0 Å². The number of nitrogens with one attached hydrogen (secondary N) is 1. The van der Waals surface area contributed by atoms with E-state index in [0.29, 0.717) is 5.41 Å². The summed E-state index contributed by atoms with van der Waals surface area (Å²) in [6.45, 7) is 10.2. The minimum atomic E-state index is 0.519. The molecule has 3 saturated heterocycles. The molecule has 0 aromatic rings. The van der Waals surface area contributed by atoms with E-state index < -0.39 is 0 Å². The summed E-state index contributed by atoms with van der Waals surface area (Å²) in [7, 11) is 2.33. The molecule has 3 fully saturated rings. The highest BCUT2D eigenvalue weighted by molar-refractivity contribution is 4.92. The van der Waals surface area contributed by atoms with E-state index in [1.165, 1.54) is 71.4 Å². The van der Waals surface area contributed by atoms with E-state index in [4.69, 9.17) is 0 Å². The Morgan fingerprint density at radius 2 is 2.11 bits per heavy atom. The smallest absolute Gasteiger partial charge is 0.0145 e. The maximum absolute atomic E-state index is 3.59. The molecule has 19 heavy (non-hydrogen) atoms. The summed E-state index contributed by atoms with van der Waals surface area (Å²) in [4.78, 5) is 5.39. The zero-order chi connectivity index (χ0) is 13.3. The van der Waals surface area contributed by atoms with E-state index >= 15 is 0 Å². The van der Waals surface area contributed by atoms with Crippen LogP contribution >= 0.6 is 0 Å². The van der Waals surface area contributed by atoms with Gasteiger partial charge in [0.25, 0.3) is 0 Å². The highest BCUT2D eigenvalue weighted by Gasteiger charge is 2.37. The number of rotatable bonds is 2. The van der Waals surface area contributed by atoms with Gasteiger partial charge in [-0.2, -0.15) is 0 Å². The summed E-state index contributed by atoms with van der Waals surface area (Å²) in [5.41, 5.74) is 0.519. The predicted molar refractivity (Wildman–Crippen MR) is 80.4 cm³/mol. The molecule has 3 rings (SSSR count). The SMILES string of the molecule is CN1CCCC2CN(CC3(C)CCCNC3)CCC21. The molecule has 0 aromatic carbocycles. The first-order chi connectivity index (χ1) is 9.16. The lowest BCUT2D eigenvalue weighted by Gasteiger charge is -2.48. The second-order valence-corrected chi connectivity index (χ2v) is 7.57. The van der Waals surface area contributed by atoms with Crippen LogP contribution in [0.25, 0.3) is 0 Å². The maximum atomic E-state index is 3.59. The molecule has 0 saturated carbocycles. The molecular formula is C16H31N3. The molecule has 0 bridgehead atoms. The summed E-state index contributed by atoms with van der Waals surface area (Å²) in [5.74, 6) is 0.938. The van der Waals surface area contributed by atoms with E-state index in [1.54, 1.807) is 0 Å². The minimum Gasteiger partial charge on any atom is -0.316 e. The van der Waals surface area contributed by atoms with Crippen LogP contribution in [0.3, 0.4) is 0 Å². The lowest BCUT2D eigenvalue weighted by molar-refractivity contribution is 0.0176. The normalized spacial score (nSPS) is 42.0. The van der Waals surface area contributed by atoms with Crippen molar-refractivity contribution in [2.24, 2.45) is 11.3 Å². The Bertz CT molecular complexity index is 298. The Kier molecular flexibility index (Phi) is 4.16. The van der Waals surface area contributed by atoms with Crippen molar-refractivity contribution in [1.82, 2.24) is 15.1 Å². The van der Waals surface area contributed by atoms with Crippen LogP contribution in [-0.2, 0) is 0 Å². The van der Waals surface area contributed by atoms with Gasteiger partial charge in [0.1, 0.15) is 0 Å². The van der Waals surface area contributed by atoms with Crippen molar-refractivity contribution in [2.75, 3.05) is 46.3 Å². The lowest BCUT2D eigenvalue weighted by atomic mass is 9.79. The Labute approximate surface area is 118 Å². The van der Waals surface area contributed by atoms with Gasteiger partial charge in [-0.1, -0.05) is 6.92 Å². The Morgan fingerprint density at radius 3 is 2.89 bits per heavy atom. The van der Waals surface area contributed by atoms with Gasteiger partial charge in [-0.25, -0.2) is 0 Å². The molecule has 3 aliphatic rings. The van der Waals surface area contributed by atoms with Crippen LogP contribution < -0.4 is 5.32 Å². The van der Waals surface area contributed by atoms with Crippen LogP contribution in [0.15, 0.2) is 0 Å². The Hall–Kier alpha value is -0.120. The highest BCUT2D eigenvalue weighted by atomic mass is 15.2. The van der Waals surface area contributed by atoms with E-state index in [1.807, 2.05) is 0 Å². The molecule has 3 nitrogen and oxygen atoms in total. The van der Waals surface area contributed by atoms with Crippen molar-refractivity contribution in [3.63, 3.8) is 0 Å². The zero-order valence-corrected chi connectivity index (χ0v) is 12.8. The molecule has 3 heteroatoms. The van der Waals surface area contributed by atoms with Gasteiger partial charge in [0, 0.05) is 25.7 Å². The molecule has 3 atom stereocenters. The third-order valence-electron chi connectivity index (χ3n) is 5.72. The van der Waals surface area contributed by atoms with Crippen molar-refractivity contribution >= 4 is 0 Å². The van der Waals surface area contributed by atoms with Crippen molar-refractivity contribution in [2.45, 2.75) is 45.1 Å². The monoisotopic (exact) mass is 265 g/mol. The molecule has 3 aliphatic heterocycles. The largest absolute Gasteiger partial charge is 0.316 e. The number of piperidine rings is 3. The first-order valence-electron chi connectivity index (χ1n) is 8.30. The summed E-state index contributed by atoms with van der Waals surface area (Å²) in [6.07, 6.45) is 7.03. The van der Waals surface area contributed by atoms with Gasteiger partial charge in [-0.3, -0.25) is 0 Å². The number of nitrogens with zero attached hydrogens (tertiary/aromatic N) is 2. The molecule has 0 radical (unpaired) electrons. The number of hydrogen-bond acceptors (Lipinski definition) is 3. The molecule has 3 heterocycles. The molecule has 1 N–H and O–H groups in total. The second-order valence-electron chi connectivity index (χ2n) is 7.57. The van der Waals surface area contributed by atoms with Crippen LogP contribution in [0.4, 0.5) is 0 Å². The third-order valence-corrected chi connectivity index (χ3v) is 5.72. The average molecular weight is 265 g/mol. The molecule has 0 aliphatic carbocycles. The number of hydrogen-bond donors (Lipinski definition) is 1. The van der Waals surface area contributed by atoms with Crippen molar-refractivity contribution in [3.05, 3.63) is 0 Å². The van der Waals surface area contributed by atoms with Gasteiger partial charge in [-0.15, -0.1) is 0 Å².